The summed E-state index contributed by atoms with van der Waals surface area (Å²) in [7, 11) is 0. The molecule has 0 saturated carbocycles. The van der Waals surface area contributed by atoms with E-state index in [1.807, 2.05) is 11.5 Å². The lowest BCUT2D eigenvalue weighted by atomic mass is 10.1. The molecule has 180 valence electrons. The lowest BCUT2D eigenvalue weighted by Gasteiger charge is -2.33. The highest BCUT2D eigenvalue weighted by atomic mass is 35.5. The van der Waals surface area contributed by atoms with Gasteiger partial charge in [0.25, 0.3) is 0 Å². The van der Waals surface area contributed by atoms with Crippen molar-refractivity contribution in [1.29, 1.82) is 0 Å². The van der Waals surface area contributed by atoms with Gasteiger partial charge in [0.15, 0.2) is 5.78 Å². The molecule has 1 aliphatic rings. The van der Waals surface area contributed by atoms with Crippen LogP contribution >= 0.6 is 11.6 Å². The summed E-state index contributed by atoms with van der Waals surface area (Å²) in [6.07, 6.45) is 12.7. The number of ketones is 1. The van der Waals surface area contributed by atoms with E-state index in [1.165, 1.54) is 6.92 Å². The standard InChI is InChI=1S/C26H36ClN3O3/c1-6-9-25-20(4)30(18-26(25)21(5)31)17-23(28-32)16-29-14-12-24(13-15-29)33-19(3)10-8-11-22(27)7-2/h6-7,9-10,18,22-24H,1-2,4,8,11-17H2,3,5H3/b19-10+,25-9+. The van der Waals surface area contributed by atoms with Crippen molar-refractivity contribution in [1.82, 2.24) is 9.47 Å². The predicted molar refractivity (Wildman–Crippen MR) is 137 cm³/mol. The van der Waals surface area contributed by atoms with Crippen LogP contribution in [0.3, 0.4) is 0 Å². The van der Waals surface area contributed by atoms with Crippen LogP contribution in [0.25, 0.3) is 12.7 Å². The van der Waals surface area contributed by atoms with Gasteiger partial charge >= 0.3 is 0 Å². The molecule has 0 radical (unpaired) electrons. The maximum Gasteiger partial charge on any atom is 0.161 e. The zero-order chi connectivity index (χ0) is 24.4. The van der Waals surface area contributed by atoms with Gasteiger partial charge in [-0.25, -0.2) is 0 Å². The van der Waals surface area contributed by atoms with E-state index in [0.29, 0.717) is 24.0 Å². The van der Waals surface area contributed by atoms with Gasteiger partial charge in [-0.1, -0.05) is 36.6 Å². The smallest absolute Gasteiger partial charge is 0.161 e. The topological polar surface area (TPSA) is 63.9 Å². The lowest BCUT2D eigenvalue weighted by molar-refractivity contribution is 0.0483. The third kappa shape index (κ3) is 8.13. The number of halogens is 1. The van der Waals surface area contributed by atoms with Gasteiger partial charge in [-0.05, 0) is 45.6 Å². The fraction of sp³-hybridized carbons (Fsp3) is 0.500. The van der Waals surface area contributed by atoms with Crippen LogP contribution in [0, 0.1) is 4.91 Å². The molecule has 0 aliphatic carbocycles. The number of likely N-dealkylation sites (tertiary alicyclic amines) is 1. The Balaban J connectivity index is 1.89. The molecule has 0 amide bonds. The third-order valence-corrected chi connectivity index (χ3v) is 6.34. The molecule has 1 saturated heterocycles. The number of ether oxygens (including phenoxy) is 1. The Labute approximate surface area is 201 Å². The van der Waals surface area contributed by atoms with Crippen LogP contribution in [0.4, 0.5) is 0 Å². The van der Waals surface area contributed by atoms with Crippen LogP contribution in [-0.4, -0.2) is 52.4 Å². The van der Waals surface area contributed by atoms with Gasteiger partial charge in [0.05, 0.1) is 11.1 Å². The van der Waals surface area contributed by atoms with E-state index in [1.54, 1.807) is 24.4 Å². The number of piperidine rings is 1. The zero-order valence-corrected chi connectivity index (χ0v) is 20.6. The largest absolute Gasteiger partial charge is 0.495 e. The zero-order valence-electron chi connectivity index (χ0n) is 19.8. The first-order valence-corrected chi connectivity index (χ1v) is 11.9. The quantitative estimate of drug-likeness (QED) is 0.142. The average Bonchev–Trinajstić information content (AvgIpc) is 3.10. The summed E-state index contributed by atoms with van der Waals surface area (Å²) in [6, 6.07) is -0.429. The fourth-order valence-electron chi connectivity index (χ4n) is 4.09. The minimum atomic E-state index is -0.429. The lowest BCUT2D eigenvalue weighted by Crippen LogP contribution is -2.42. The van der Waals surface area contributed by atoms with Crippen LogP contribution in [0.1, 0.15) is 49.9 Å². The predicted octanol–water partition coefficient (Wildman–Crippen LogP) is 4.16. The van der Waals surface area contributed by atoms with E-state index in [2.05, 4.69) is 35.9 Å². The molecule has 33 heavy (non-hydrogen) atoms. The van der Waals surface area contributed by atoms with Crippen molar-refractivity contribution >= 4 is 30.0 Å². The van der Waals surface area contributed by atoms with Crippen LogP contribution in [0.2, 0.25) is 0 Å². The Morgan fingerprint density at radius 2 is 2.00 bits per heavy atom. The number of rotatable bonds is 13. The van der Waals surface area contributed by atoms with Crippen LogP contribution in [-0.2, 0) is 11.3 Å². The number of aromatic nitrogens is 1. The number of carbonyl (C=O) groups is 1. The van der Waals surface area contributed by atoms with Gasteiger partial charge in [0.1, 0.15) is 12.1 Å². The molecule has 1 fully saturated rings. The third-order valence-electron chi connectivity index (χ3n) is 5.94. The second-order valence-corrected chi connectivity index (χ2v) is 9.10. The molecule has 1 aromatic rings. The molecular formula is C26H36ClN3O3. The molecule has 2 unspecified atom stereocenters. The summed E-state index contributed by atoms with van der Waals surface area (Å²) in [4.78, 5) is 25.8. The summed E-state index contributed by atoms with van der Waals surface area (Å²) in [5, 5.41) is 4.78. The highest BCUT2D eigenvalue weighted by molar-refractivity contribution is 6.21. The first-order chi connectivity index (χ1) is 15.8. The van der Waals surface area contributed by atoms with E-state index >= 15 is 0 Å². The molecule has 0 spiro atoms. The summed E-state index contributed by atoms with van der Waals surface area (Å²) in [5.74, 6) is 0.884. The molecule has 2 rings (SSSR count). The molecule has 0 bridgehead atoms. The minimum Gasteiger partial charge on any atom is -0.495 e. The summed E-state index contributed by atoms with van der Waals surface area (Å²) in [6.45, 7) is 17.6. The van der Waals surface area contributed by atoms with Crippen molar-refractivity contribution in [3.63, 3.8) is 0 Å². The second-order valence-electron chi connectivity index (χ2n) is 8.53. The van der Waals surface area contributed by atoms with Crippen LogP contribution in [0.15, 0.2) is 48.5 Å². The van der Waals surface area contributed by atoms with E-state index in [4.69, 9.17) is 16.3 Å². The van der Waals surface area contributed by atoms with Crippen molar-refractivity contribution in [2.75, 3.05) is 19.6 Å². The number of allylic oxidation sites excluding steroid dienone is 4. The Morgan fingerprint density at radius 3 is 2.58 bits per heavy atom. The first-order valence-electron chi connectivity index (χ1n) is 11.5. The summed E-state index contributed by atoms with van der Waals surface area (Å²) >= 11 is 6.06. The highest BCUT2D eigenvalue weighted by Crippen LogP contribution is 2.18. The number of alkyl halides is 1. The molecule has 1 aliphatic heterocycles. The van der Waals surface area contributed by atoms with Gasteiger partial charge in [-0.15, -0.1) is 18.2 Å². The number of carbonyl (C=O) groups excluding carboxylic acids is 1. The van der Waals surface area contributed by atoms with Crippen molar-refractivity contribution in [2.24, 2.45) is 5.18 Å². The van der Waals surface area contributed by atoms with Crippen molar-refractivity contribution < 1.29 is 9.53 Å². The Bertz CT molecular complexity index is 974. The van der Waals surface area contributed by atoms with Gasteiger partial charge in [-0.2, -0.15) is 4.91 Å². The number of hydrogen-bond donors (Lipinski definition) is 0. The van der Waals surface area contributed by atoms with E-state index < -0.39 is 6.04 Å². The molecule has 0 N–H and O–H groups in total. The summed E-state index contributed by atoms with van der Waals surface area (Å²) < 4.78 is 7.93. The van der Waals surface area contributed by atoms with Crippen molar-refractivity contribution in [3.8, 4) is 0 Å². The Kier molecular flexibility index (Phi) is 10.8. The fourth-order valence-corrected chi connectivity index (χ4v) is 4.22. The van der Waals surface area contributed by atoms with E-state index in [-0.39, 0.29) is 17.3 Å². The maximum absolute atomic E-state index is 12.0. The van der Waals surface area contributed by atoms with Gasteiger partial charge in [0.2, 0.25) is 0 Å². The van der Waals surface area contributed by atoms with Crippen LogP contribution in [0.5, 0.6) is 0 Å². The highest BCUT2D eigenvalue weighted by Gasteiger charge is 2.24. The molecule has 0 aromatic carbocycles. The number of nitrogens with zero attached hydrogens (tertiary/aromatic N) is 3. The van der Waals surface area contributed by atoms with Crippen molar-refractivity contribution in [2.45, 2.75) is 63.6 Å². The number of Topliss-reactive ketones (excluding diaryl/α,β-unsaturated/α-hetero) is 1. The molecule has 2 atom stereocenters. The Hall–Kier alpha value is -2.44. The maximum atomic E-state index is 12.0. The first kappa shape index (κ1) is 26.8. The van der Waals surface area contributed by atoms with Gasteiger partial charge in [0, 0.05) is 48.5 Å². The molecular weight excluding hydrogens is 438 g/mol. The van der Waals surface area contributed by atoms with Gasteiger partial charge < -0.3 is 14.2 Å². The molecule has 6 nitrogen and oxygen atoms in total. The monoisotopic (exact) mass is 473 g/mol. The van der Waals surface area contributed by atoms with E-state index in [0.717, 1.165) is 49.8 Å². The normalized spacial score (nSPS) is 18.0. The Morgan fingerprint density at radius 1 is 1.30 bits per heavy atom. The molecule has 2 heterocycles. The summed E-state index contributed by atoms with van der Waals surface area (Å²) in [5.41, 5.74) is 0.581. The van der Waals surface area contributed by atoms with Gasteiger partial charge in [-0.3, -0.25) is 4.79 Å². The van der Waals surface area contributed by atoms with E-state index in [9.17, 15) is 9.70 Å². The van der Waals surface area contributed by atoms with Crippen LogP contribution < -0.4 is 10.6 Å². The molecule has 7 heteroatoms. The number of hydrogen-bond acceptors (Lipinski definition) is 5. The average molecular weight is 474 g/mol. The minimum absolute atomic E-state index is 0.0106. The SMILES string of the molecule is C=C/C=c1/c(C(C)=O)cn(CC(CN2CCC(O/C(C)=C/CCC(Cl)C=C)CC2)N=O)c1=C. The number of nitroso groups, excluding NO2 is 1. The molecule has 1 aromatic heterocycles. The van der Waals surface area contributed by atoms with Crippen molar-refractivity contribution in [3.05, 3.63) is 64.4 Å². The second kappa shape index (κ2) is 13.3.